The van der Waals surface area contributed by atoms with Crippen LogP contribution in [0.25, 0.3) is 15.6 Å². The Bertz CT molecular complexity index is 1340. The van der Waals surface area contributed by atoms with Gasteiger partial charge in [0.25, 0.3) is 0 Å². The number of anilines is 1. The van der Waals surface area contributed by atoms with E-state index in [1.54, 1.807) is 0 Å². The van der Waals surface area contributed by atoms with Gasteiger partial charge in [-0.2, -0.15) is 9.97 Å². The van der Waals surface area contributed by atoms with E-state index in [0.29, 0.717) is 37.0 Å². The summed E-state index contributed by atoms with van der Waals surface area (Å²) in [4.78, 5) is 18.6. The average molecular weight is 510 g/mol. The molecule has 6 nitrogen and oxygen atoms in total. The lowest BCUT2D eigenvalue weighted by Gasteiger charge is -2.35. The summed E-state index contributed by atoms with van der Waals surface area (Å²) in [6.07, 6.45) is 7.63. The van der Waals surface area contributed by atoms with Gasteiger partial charge in [-0.15, -0.1) is 0 Å². The minimum absolute atomic E-state index is 0.415. The molecular formula is C32H39N5O. The standard InChI is InChI=1S/C32H39N5O/c1-22-8-4-10-24-11-5-13-27(30(22)24)25-14-15-28-29(18-25)34-32(38-21-26-12-7-16-36(26)3)35-31(28)37-17-6-9-23(20-37)19-33-2/h4-5,8,10-11,13,23,25-26H,6-7,9,12,14-21H2,1,3H3/t23-,25?,26-/m0/s1. The number of hydrogen-bond acceptors (Lipinski definition) is 5. The number of nitrogens with zero attached hydrogens (tertiary/aromatic N) is 5. The Hall–Kier alpha value is -3.17. The third-order valence-corrected chi connectivity index (χ3v) is 9.06. The van der Waals surface area contributed by atoms with Crippen LogP contribution in [0.4, 0.5) is 5.82 Å². The van der Waals surface area contributed by atoms with Crippen LogP contribution in [0.15, 0.2) is 36.4 Å². The normalized spacial score (nSPS) is 23.8. The molecule has 1 aliphatic carbocycles. The maximum Gasteiger partial charge on any atom is 0.318 e. The van der Waals surface area contributed by atoms with Crippen LogP contribution in [0, 0.1) is 19.4 Å². The summed E-state index contributed by atoms with van der Waals surface area (Å²) in [5.74, 6) is 1.91. The molecular weight excluding hydrogens is 470 g/mol. The molecule has 6 heteroatoms. The fraction of sp³-hybridized carbons (Fsp3) is 0.531. The van der Waals surface area contributed by atoms with Crippen LogP contribution in [0.5, 0.6) is 6.01 Å². The van der Waals surface area contributed by atoms with E-state index < -0.39 is 0 Å². The van der Waals surface area contributed by atoms with Crippen LogP contribution in [-0.2, 0) is 12.8 Å². The number of likely N-dealkylation sites (tertiary alicyclic amines) is 1. The predicted octanol–water partition coefficient (Wildman–Crippen LogP) is 5.82. The van der Waals surface area contributed by atoms with Crippen LogP contribution >= 0.6 is 0 Å². The largest absolute Gasteiger partial charge is 0.462 e. The molecule has 2 aliphatic heterocycles. The Morgan fingerprint density at radius 1 is 1.05 bits per heavy atom. The van der Waals surface area contributed by atoms with Gasteiger partial charge in [0.2, 0.25) is 6.54 Å². The van der Waals surface area contributed by atoms with Crippen molar-refractivity contribution in [2.45, 2.75) is 63.8 Å². The third-order valence-electron chi connectivity index (χ3n) is 9.06. The second kappa shape index (κ2) is 10.9. The highest BCUT2D eigenvalue weighted by molar-refractivity contribution is 5.89. The molecule has 38 heavy (non-hydrogen) atoms. The zero-order valence-electron chi connectivity index (χ0n) is 22.8. The number of hydrogen-bond donors (Lipinski definition) is 0. The first-order valence-corrected chi connectivity index (χ1v) is 14.4. The smallest absolute Gasteiger partial charge is 0.318 e. The van der Waals surface area contributed by atoms with Crippen molar-refractivity contribution in [1.29, 1.82) is 0 Å². The van der Waals surface area contributed by atoms with Crippen LogP contribution in [0.3, 0.4) is 0 Å². The van der Waals surface area contributed by atoms with E-state index in [9.17, 15) is 0 Å². The highest BCUT2D eigenvalue weighted by Gasteiger charge is 2.31. The molecule has 1 unspecified atom stereocenters. The highest BCUT2D eigenvalue weighted by Crippen LogP contribution is 2.40. The van der Waals surface area contributed by atoms with Gasteiger partial charge in [0.15, 0.2) is 0 Å². The number of rotatable bonds is 6. The Kier molecular flexibility index (Phi) is 7.21. The Morgan fingerprint density at radius 2 is 1.89 bits per heavy atom. The zero-order valence-corrected chi connectivity index (χ0v) is 22.8. The number of benzene rings is 2. The number of ether oxygens (including phenoxy) is 1. The molecule has 2 saturated heterocycles. The molecule has 6 rings (SSSR count). The molecule has 0 amide bonds. The lowest BCUT2D eigenvalue weighted by atomic mass is 9.80. The van der Waals surface area contributed by atoms with Crippen LogP contribution < -0.4 is 9.64 Å². The summed E-state index contributed by atoms with van der Waals surface area (Å²) in [5, 5.41) is 2.72. The molecule has 2 fully saturated rings. The topological polar surface area (TPSA) is 45.9 Å². The first-order chi connectivity index (χ1) is 18.6. The molecule has 3 aliphatic rings. The van der Waals surface area contributed by atoms with Crippen molar-refractivity contribution in [2.24, 2.45) is 5.92 Å². The summed E-state index contributed by atoms with van der Waals surface area (Å²) in [6.45, 7) is 13.9. The Labute approximate surface area is 226 Å². The highest BCUT2D eigenvalue weighted by atomic mass is 16.5. The molecule has 0 N–H and O–H groups in total. The monoisotopic (exact) mass is 509 g/mol. The molecule has 3 atom stereocenters. The van der Waals surface area contributed by atoms with Gasteiger partial charge < -0.3 is 19.4 Å². The lowest BCUT2D eigenvalue weighted by molar-refractivity contribution is 0.187. The fourth-order valence-electron chi connectivity index (χ4n) is 6.96. The second-order valence-corrected chi connectivity index (χ2v) is 11.6. The van der Waals surface area contributed by atoms with Gasteiger partial charge in [0.1, 0.15) is 12.4 Å². The Balaban J connectivity index is 1.34. The van der Waals surface area contributed by atoms with Crippen molar-refractivity contribution in [3.8, 4) is 6.01 Å². The third kappa shape index (κ3) is 4.97. The van der Waals surface area contributed by atoms with Gasteiger partial charge in [-0.1, -0.05) is 36.4 Å². The number of likely N-dealkylation sites (N-methyl/N-ethyl adjacent to an activating group) is 1. The van der Waals surface area contributed by atoms with E-state index in [1.807, 2.05) is 0 Å². The van der Waals surface area contributed by atoms with E-state index in [1.165, 1.54) is 40.3 Å². The summed E-state index contributed by atoms with van der Waals surface area (Å²) in [7, 11) is 2.18. The summed E-state index contributed by atoms with van der Waals surface area (Å²) in [5.41, 5.74) is 5.23. The molecule has 0 bridgehead atoms. The van der Waals surface area contributed by atoms with Gasteiger partial charge in [-0.3, -0.25) is 0 Å². The van der Waals surface area contributed by atoms with E-state index in [4.69, 9.17) is 21.3 Å². The molecule has 0 saturated carbocycles. The minimum Gasteiger partial charge on any atom is -0.462 e. The summed E-state index contributed by atoms with van der Waals surface area (Å²) in [6, 6.07) is 14.3. The molecule has 3 heterocycles. The predicted molar refractivity (Wildman–Crippen MR) is 153 cm³/mol. The molecule has 2 aromatic carbocycles. The number of fused-ring (bicyclic) bond motifs is 2. The van der Waals surface area contributed by atoms with Crippen molar-refractivity contribution >= 4 is 16.6 Å². The average Bonchev–Trinajstić information content (AvgIpc) is 3.35. The molecule has 1 aromatic heterocycles. The minimum atomic E-state index is 0.415. The van der Waals surface area contributed by atoms with Gasteiger partial charge >= 0.3 is 6.01 Å². The quantitative estimate of drug-likeness (QED) is 0.392. The molecule has 0 radical (unpaired) electrons. The van der Waals surface area contributed by atoms with Crippen molar-refractivity contribution in [2.75, 3.05) is 44.7 Å². The SMILES string of the molecule is [C-]#[N+]C[C@@H]1CCCN(c2nc(OC[C@@H]3CCCN3C)nc3c2CCC(c2cccc4cccc(C)c24)C3)C1. The number of aryl methyl sites for hydroxylation is 1. The fourth-order valence-corrected chi connectivity index (χ4v) is 6.96. The van der Waals surface area contributed by atoms with Gasteiger partial charge in [0.05, 0.1) is 5.69 Å². The Morgan fingerprint density at radius 3 is 2.71 bits per heavy atom. The maximum atomic E-state index is 7.38. The lowest BCUT2D eigenvalue weighted by Crippen LogP contribution is -2.38. The van der Waals surface area contributed by atoms with Gasteiger partial charge in [-0.05, 0) is 93.3 Å². The summed E-state index contributed by atoms with van der Waals surface area (Å²) < 4.78 is 6.32. The van der Waals surface area contributed by atoms with Crippen molar-refractivity contribution in [3.63, 3.8) is 0 Å². The van der Waals surface area contributed by atoms with Crippen LogP contribution in [0.1, 0.15) is 60.4 Å². The van der Waals surface area contributed by atoms with Crippen molar-refractivity contribution in [3.05, 3.63) is 70.2 Å². The van der Waals surface area contributed by atoms with Crippen LogP contribution in [-0.4, -0.2) is 60.7 Å². The first-order valence-electron chi connectivity index (χ1n) is 14.4. The van der Waals surface area contributed by atoms with Gasteiger partial charge in [-0.25, -0.2) is 6.57 Å². The first kappa shape index (κ1) is 25.1. The number of aromatic nitrogens is 2. The van der Waals surface area contributed by atoms with E-state index in [-0.39, 0.29) is 0 Å². The molecule has 0 spiro atoms. The van der Waals surface area contributed by atoms with Crippen molar-refractivity contribution < 1.29 is 4.74 Å². The van der Waals surface area contributed by atoms with Crippen LogP contribution in [0.2, 0.25) is 0 Å². The molecule has 3 aromatic rings. The number of piperidine rings is 1. The molecule has 198 valence electrons. The van der Waals surface area contributed by atoms with Crippen molar-refractivity contribution in [1.82, 2.24) is 14.9 Å². The second-order valence-electron chi connectivity index (χ2n) is 11.6. The van der Waals surface area contributed by atoms with E-state index in [2.05, 4.69) is 65.0 Å². The van der Waals surface area contributed by atoms with E-state index >= 15 is 0 Å². The zero-order chi connectivity index (χ0) is 26.1. The maximum absolute atomic E-state index is 7.38. The van der Waals surface area contributed by atoms with Gasteiger partial charge in [0, 0.05) is 30.6 Å². The summed E-state index contributed by atoms with van der Waals surface area (Å²) >= 11 is 0. The van der Waals surface area contributed by atoms with E-state index in [0.717, 1.165) is 63.3 Å².